The second-order valence-corrected chi connectivity index (χ2v) is 3.65. The van der Waals surface area contributed by atoms with Crippen LogP contribution in [0.5, 0.6) is 5.75 Å². The van der Waals surface area contributed by atoms with Gasteiger partial charge >= 0.3 is 6.18 Å². The van der Waals surface area contributed by atoms with Gasteiger partial charge in [0.05, 0.1) is 18.7 Å². The van der Waals surface area contributed by atoms with Crippen molar-refractivity contribution in [2.45, 2.75) is 25.9 Å². The molecular formula is C11H15F3N2O. The molecule has 3 nitrogen and oxygen atoms in total. The number of aromatic nitrogens is 1. The van der Waals surface area contributed by atoms with E-state index < -0.39 is 19.2 Å². The molecule has 0 saturated carbocycles. The maximum Gasteiger partial charge on any atom is 0.392 e. The Morgan fingerprint density at radius 2 is 2.06 bits per heavy atom. The van der Waals surface area contributed by atoms with Crippen LogP contribution in [0, 0.1) is 6.92 Å². The molecule has 0 aromatic carbocycles. The van der Waals surface area contributed by atoms with Gasteiger partial charge in [-0.15, -0.1) is 0 Å². The molecule has 1 heterocycles. The predicted molar refractivity (Wildman–Crippen MR) is 57.9 cm³/mol. The monoisotopic (exact) mass is 248 g/mol. The van der Waals surface area contributed by atoms with E-state index in [0.29, 0.717) is 24.4 Å². The van der Waals surface area contributed by atoms with E-state index in [0.717, 1.165) is 5.69 Å². The summed E-state index contributed by atoms with van der Waals surface area (Å²) in [4.78, 5) is 4.19. The van der Waals surface area contributed by atoms with Crippen LogP contribution in [0.2, 0.25) is 0 Å². The van der Waals surface area contributed by atoms with Crippen LogP contribution in [0.15, 0.2) is 12.1 Å². The minimum absolute atomic E-state index is 0.380. The van der Waals surface area contributed by atoms with Crippen LogP contribution in [-0.2, 0) is 6.42 Å². The lowest BCUT2D eigenvalue weighted by atomic mass is 10.2. The van der Waals surface area contributed by atoms with Crippen LogP contribution in [0.1, 0.15) is 17.8 Å². The highest BCUT2D eigenvalue weighted by molar-refractivity contribution is 5.29. The molecule has 0 fully saturated rings. The van der Waals surface area contributed by atoms with Crippen molar-refractivity contribution in [1.82, 2.24) is 4.98 Å². The van der Waals surface area contributed by atoms with Gasteiger partial charge in [-0.25, -0.2) is 0 Å². The molecule has 0 atom stereocenters. The van der Waals surface area contributed by atoms with E-state index >= 15 is 0 Å². The summed E-state index contributed by atoms with van der Waals surface area (Å²) in [7, 11) is 0. The highest BCUT2D eigenvalue weighted by Gasteiger charge is 2.27. The molecule has 0 aliphatic carbocycles. The van der Waals surface area contributed by atoms with Crippen molar-refractivity contribution in [3.8, 4) is 5.75 Å². The van der Waals surface area contributed by atoms with Gasteiger partial charge < -0.3 is 10.5 Å². The van der Waals surface area contributed by atoms with Crippen molar-refractivity contribution >= 4 is 0 Å². The summed E-state index contributed by atoms with van der Waals surface area (Å²) in [5.41, 5.74) is 6.80. The number of rotatable bonds is 5. The Morgan fingerprint density at radius 3 is 2.65 bits per heavy atom. The molecule has 0 radical (unpaired) electrons. The molecule has 1 aromatic rings. The minimum Gasteiger partial charge on any atom is -0.491 e. The lowest BCUT2D eigenvalue weighted by Gasteiger charge is -2.12. The molecule has 96 valence electrons. The predicted octanol–water partition coefficient (Wildman–Crippen LogP) is 2.22. The van der Waals surface area contributed by atoms with Gasteiger partial charge in [0.15, 0.2) is 0 Å². The molecule has 0 aliphatic rings. The summed E-state index contributed by atoms with van der Waals surface area (Å²) in [6.45, 7) is 1.79. The topological polar surface area (TPSA) is 48.1 Å². The van der Waals surface area contributed by atoms with Gasteiger partial charge in [-0.3, -0.25) is 4.98 Å². The zero-order valence-electron chi connectivity index (χ0n) is 9.55. The summed E-state index contributed by atoms with van der Waals surface area (Å²) in [6, 6.07) is 3.33. The average molecular weight is 248 g/mol. The largest absolute Gasteiger partial charge is 0.491 e. The zero-order valence-corrected chi connectivity index (χ0v) is 9.55. The van der Waals surface area contributed by atoms with Crippen molar-refractivity contribution in [2.75, 3.05) is 13.2 Å². The van der Waals surface area contributed by atoms with E-state index in [4.69, 9.17) is 10.5 Å². The molecule has 0 amide bonds. The van der Waals surface area contributed by atoms with Crippen LogP contribution < -0.4 is 10.5 Å². The van der Waals surface area contributed by atoms with Crippen molar-refractivity contribution in [3.05, 3.63) is 23.5 Å². The molecule has 0 saturated heterocycles. The van der Waals surface area contributed by atoms with Crippen molar-refractivity contribution in [2.24, 2.45) is 5.73 Å². The van der Waals surface area contributed by atoms with Crippen molar-refractivity contribution in [1.29, 1.82) is 0 Å². The molecule has 1 aromatic heterocycles. The Labute approximate surface area is 97.8 Å². The maximum atomic E-state index is 12.0. The fourth-order valence-corrected chi connectivity index (χ4v) is 1.32. The highest BCUT2D eigenvalue weighted by atomic mass is 19.4. The van der Waals surface area contributed by atoms with Crippen LogP contribution in [-0.4, -0.2) is 24.3 Å². The van der Waals surface area contributed by atoms with E-state index in [2.05, 4.69) is 4.98 Å². The summed E-state index contributed by atoms with van der Waals surface area (Å²) in [5.74, 6) is 0.380. The van der Waals surface area contributed by atoms with Gasteiger partial charge in [0.1, 0.15) is 5.75 Å². The highest BCUT2D eigenvalue weighted by Crippen LogP contribution is 2.22. The summed E-state index contributed by atoms with van der Waals surface area (Å²) in [5, 5.41) is 0. The number of hydrogen-bond acceptors (Lipinski definition) is 3. The lowest BCUT2D eigenvalue weighted by Crippen LogP contribution is -2.14. The first-order chi connectivity index (χ1) is 7.92. The Balaban J connectivity index is 2.63. The number of nitrogens with two attached hydrogens (primary N) is 1. The second-order valence-electron chi connectivity index (χ2n) is 3.65. The van der Waals surface area contributed by atoms with Crippen LogP contribution in [0.3, 0.4) is 0 Å². The second kappa shape index (κ2) is 5.86. The molecule has 0 unspecified atom stereocenters. The normalized spacial score (nSPS) is 11.6. The van der Waals surface area contributed by atoms with E-state index in [1.165, 1.54) is 0 Å². The molecule has 0 bridgehead atoms. The van der Waals surface area contributed by atoms with Crippen LogP contribution in [0.4, 0.5) is 13.2 Å². The van der Waals surface area contributed by atoms with E-state index in [1.807, 2.05) is 0 Å². The summed E-state index contributed by atoms with van der Waals surface area (Å²) < 4.78 is 40.9. The Hall–Kier alpha value is -1.30. The number of aryl methyl sites for hydroxylation is 1. The third kappa shape index (κ3) is 5.04. The van der Waals surface area contributed by atoms with Crippen molar-refractivity contribution in [3.63, 3.8) is 0 Å². The molecule has 1 rings (SSSR count). The number of pyridine rings is 1. The van der Waals surface area contributed by atoms with Gasteiger partial charge in [-0.05, 0) is 25.6 Å². The van der Waals surface area contributed by atoms with Gasteiger partial charge in [-0.1, -0.05) is 0 Å². The first-order valence-corrected chi connectivity index (χ1v) is 5.28. The molecule has 0 aliphatic heterocycles. The van der Waals surface area contributed by atoms with E-state index in [9.17, 15) is 13.2 Å². The van der Waals surface area contributed by atoms with E-state index in [-0.39, 0.29) is 0 Å². The third-order valence-corrected chi connectivity index (χ3v) is 2.10. The van der Waals surface area contributed by atoms with Crippen molar-refractivity contribution < 1.29 is 17.9 Å². The standard InChI is InChI=1S/C11H15F3N2O/c1-8-2-3-10(9(16-8)4-6-15)17-7-5-11(12,13)14/h2-3H,4-7,15H2,1H3. The first kappa shape index (κ1) is 13.8. The Bertz CT molecular complexity index is 366. The fourth-order valence-electron chi connectivity index (χ4n) is 1.32. The lowest BCUT2D eigenvalue weighted by molar-refractivity contribution is -0.139. The van der Waals surface area contributed by atoms with E-state index in [1.54, 1.807) is 19.1 Å². The van der Waals surface area contributed by atoms with Gasteiger partial charge in [0, 0.05) is 12.1 Å². The number of alkyl halides is 3. The molecule has 2 N–H and O–H groups in total. The van der Waals surface area contributed by atoms with Gasteiger partial charge in [-0.2, -0.15) is 13.2 Å². The number of halogens is 3. The van der Waals surface area contributed by atoms with Crippen LogP contribution >= 0.6 is 0 Å². The minimum atomic E-state index is -4.20. The number of ether oxygens (including phenoxy) is 1. The smallest absolute Gasteiger partial charge is 0.392 e. The molecule has 17 heavy (non-hydrogen) atoms. The zero-order chi connectivity index (χ0) is 12.9. The average Bonchev–Trinajstić information content (AvgIpc) is 2.20. The quantitative estimate of drug-likeness (QED) is 0.869. The maximum absolute atomic E-state index is 12.0. The third-order valence-electron chi connectivity index (χ3n) is 2.10. The molecular weight excluding hydrogens is 233 g/mol. The fraction of sp³-hybridized carbons (Fsp3) is 0.545. The SMILES string of the molecule is Cc1ccc(OCCC(F)(F)F)c(CCN)n1. The number of nitrogens with zero attached hydrogens (tertiary/aromatic N) is 1. The molecule has 6 heteroatoms. The van der Waals surface area contributed by atoms with Gasteiger partial charge in [0.25, 0.3) is 0 Å². The Kier molecular flexibility index (Phi) is 4.74. The number of hydrogen-bond donors (Lipinski definition) is 1. The van der Waals surface area contributed by atoms with Crippen LogP contribution in [0.25, 0.3) is 0 Å². The summed E-state index contributed by atoms with van der Waals surface area (Å²) in [6.07, 6.45) is -4.68. The first-order valence-electron chi connectivity index (χ1n) is 5.28. The Morgan fingerprint density at radius 1 is 1.35 bits per heavy atom. The summed E-state index contributed by atoms with van der Waals surface area (Å²) >= 11 is 0. The van der Waals surface area contributed by atoms with Gasteiger partial charge in [0.2, 0.25) is 0 Å². The molecule has 0 spiro atoms.